The Morgan fingerprint density at radius 1 is 1.36 bits per heavy atom. The number of halogens is 1. The molecule has 1 fully saturated rings. The second kappa shape index (κ2) is 8.36. The fraction of sp³-hybridized carbons (Fsp3) is 0.368. The lowest BCUT2D eigenvalue weighted by Crippen LogP contribution is -2.24. The third-order valence-electron chi connectivity index (χ3n) is 4.81. The summed E-state index contributed by atoms with van der Waals surface area (Å²) in [4.78, 5) is 32.6. The van der Waals surface area contributed by atoms with E-state index in [4.69, 9.17) is 11.6 Å². The number of Topliss-reactive ketones (excluding diaryl/α,β-unsaturated/α-hetero) is 1. The third kappa shape index (κ3) is 4.94. The van der Waals surface area contributed by atoms with Crippen LogP contribution < -0.4 is 5.32 Å². The number of carbonyl (C=O) groups is 2. The molecule has 1 N–H and O–H groups in total. The van der Waals surface area contributed by atoms with Crippen molar-refractivity contribution < 1.29 is 18.0 Å². The van der Waals surface area contributed by atoms with Crippen molar-refractivity contribution in [1.29, 1.82) is 0 Å². The van der Waals surface area contributed by atoms with Gasteiger partial charge >= 0.3 is 0 Å². The predicted octanol–water partition coefficient (Wildman–Crippen LogP) is 3.02. The second-order valence-electron chi connectivity index (χ2n) is 6.98. The normalized spacial score (nSPS) is 18.1. The molecule has 1 amide bonds. The van der Waals surface area contributed by atoms with Gasteiger partial charge in [-0.15, -0.1) is 0 Å². The summed E-state index contributed by atoms with van der Waals surface area (Å²) in [5.74, 6) is -0.284. The largest absolute Gasteiger partial charge is 0.309 e. The van der Waals surface area contributed by atoms with Crippen LogP contribution in [-0.2, 0) is 19.4 Å². The van der Waals surface area contributed by atoms with Gasteiger partial charge in [-0.3, -0.25) is 14.6 Å². The number of aromatic nitrogens is 2. The minimum atomic E-state index is -3.47. The minimum absolute atomic E-state index is 0.0158. The third-order valence-corrected chi connectivity index (χ3v) is 6.39. The average molecular weight is 422 g/mol. The van der Waals surface area contributed by atoms with E-state index in [1.165, 1.54) is 30.7 Å². The molecule has 1 aliphatic rings. The number of rotatable bonds is 6. The molecule has 1 unspecified atom stereocenters. The number of anilines is 1. The van der Waals surface area contributed by atoms with Gasteiger partial charge in [-0.1, -0.05) is 17.7 Å². The Kier molecular flexibility index (Phi) is 6.10. The molecule has 2 aromatic rings. The molecule has 148 valence electrons. The fourth-order valence-electron chi connectivity index (χ4n) is 3.43. The smallest absolute Gasteiger partial charge is 0.233 e. The predicted molar refractivity (Wildman–Crippen MR) is 105 cm³/mol. The van der Waals surface area contributed by atoms with Crippen molar-refractivity contribution in [1.82, 2.24) is 9.97 Å². The van der Waals surface area contributed by atoms with Gasteiger partial charge < -0.3 is 5.32 Å². The molecule has 3 rings (SSSR count). The van der Waals surface area contributed by atoms with Crippen molar-refractivity contribution >= 4 is 38.9 Å². The summed E-state index contributed by atoms with van der Waals surface area (Å²) in [7, 11) is -3.47. The number of amides is 1. The zero-order valence-corrected chi connectivity index (χ0v) is 16.8. The number of benzene rings is 1. The van der Waals surface area contributed by atoms with E-state index >= 15 is 0 Å². The Balaban J connectivity index is 1.90. The van der Waals surface area contributed by atoms with Gasteiger partial charge in [0.25, 0.3) is 0 Å². The van der Waals surface area contributed by atoms with E-state index in [1.54, 1.807) is 6.07 Å². The van der Waals surface area contributed by atoms with Gasteiger partial charge in [0, 0.05) is 31.5 Å². The van der Waals surface area contributed by atoms with E-state index in [9.17, 15) is 18.0 Å². The number of carbonyl (C=O) groups excluding carboxylic acids is 2. The molecule has 0 spiro atoms. The highest BCUT2D eigenvalue weighted by Gasteiger charge is 2.30. The maximum Gasteiger partial charge on any atom is 0.233 e. The Hall–Kier alpha value is -2.32. The minimum Gasteiger partial charge on any atom is -0.309 e. The number of nitrogens with zero attached hydrogens (tertiary/aromatic N) is 2. The first kappa shape index (κ1) is 20.4. The molecular formula is C19H20ClN3O4S. The van der Waals surface area contributed by atoms with Crippen LogP contribution in [0.2, 0.25) is 5.02 Å². The van der Waals surface area contributed by atoms with Crippen molar-refractivity contribution in [3.63, 3.8) is 0 Å². The van der Waals surface area contributed by atoms with Gasteiger partial charge in [0.05, 0.1) is 22.0 Å². The van der Waals surface area contributed by atoms with E-state index in [0.717, 1.165) is 12.7 Å². The van der Waals surface area contributed by atoms with Crippen LogP contribution in [0.1, 0.15) is 37.2 Å². The van der Waals surface area contributed by atoms with Crippen LogP contribution in [0.5, 0.6) is 0 Å². The lowest BCUT2D eigenvalue weighted by Gasteiger charge is -2.20. The Morgan fingerprint density at radius 3 is 2.71 bits per heavy atom. The van der Waals surface area contributed by atoms with E-state index in [2.05, 4.69) is 15.3 Å². The highest BCUT2D eigenvalue weighted by Crippen LogP contribution is 2.35. The first-order valence-electron chi connectivity index (χ1n) is 8.82. The van der Waals surface area contributed by atoms with E-state index in [0.29, 0.717) is 30.6 Å². The Bertz CT molecular complexity index is 995. The topological polar surface area (TPSA) is 106 Å². The van der Waals surface area contributed by atoms with Gasteiger partial charge in [-0.2, -0.15) is 0 Å². The molecule has 1 aromatic carbocycles. The lowest BCUT2D eigenvalue weighted by atomic mass is 9.87. The van der Waals surface area contributed by atoms with Crippen LogP contribution >= 0.6 is 11.6 Å². The highest BCUT2D eigenvalue weighted by atomic mass is 35.5. The van der Waals surface area contributed by atoms with Gasteiger partial charge in [-0.05, 0) is 36.5 Å². The SMILES string of the molecule is CS(=O)(=O)c1ccc(C(C[C@H]2CCC(=O)C2)C(=O)Nc2cnccn2)cc1Cl. The molecule has 0 radical (unpaired) electrons. The fourth-order valence-corrected chi connectivity index (χ4v) is 4.77. The van der Waals surface area contributed by atoms with Crippen LogP contribution in [0.4, 0.5) is 5.82 Å². The standard InChI is InChI=1S/C19H20ClN3O4S/c1-28(26,27)17-5-3-13(10-16(17)20)15(9-12-2-4-14(24)8-12)19(25)23-18-11-21-6-7-22-18/h3,5-7,10-12,15H,2,4,8-9H2,1H3,(H,22,23,25)/t12-,15?/m0/s1. The molecule has 1 heterocycles. The monoisotopic (exact) mass is 421 g/mol. The van der Waals surface area contributed by atoms with E-state index in [-0.39, 0.29) is 27.5 Å². The highest BCUT2D eigenvalue weighted by molar-refractivity contribution is 7.90. The van der Waals surface area contributed by atoms with Gasteiger partial charge in [0.2, 0.25) is 5.91 Å². The molecule has 0 bridgehead atoms. The van der Waals surface area contributed by atoms with Crippen molar-refractivity contribution in [3.05, 3.63) is 47.4 Å². The molecule has 0 aliphatic heterocycles. The maximum absolute atomic E-state index is 13.0. The van der Waals surface area contributed by atoms with Crippen molar-refractivity contribution in [2.24, 2.45) is 5.92 Å². The zero-order chi connectivity index (χ0) is 20.3. The summed E-state index contributed by atoms with van der Waals surface area (Å²) in [5.41, 5.74) is 0.595. The summed E-state index contributed by atoms with van der Waals surface area (Å²) in [5, 5.41) is 2.80. The molecule has 1 aromatic heterocycles. The number of hydrogen-bond acceptors (Lipinski definition) is 6. The first-order chi connectivity index (χ1) is 13.2. The Morgan fingerprint density at radius 2 is 2.14 bits per heavy atom. The van der Waals surface area contributed by atoms with E-state index < -0.39 is 15.8 Å². The number of hydrogen-bond donors (Lipinski definition) is 1. The van der Waals surface area contributed by atoms with Crippen LogP contribution in [0.15, 0.2) is 41.7 Å². The van der Waals surface area contributed by atoms with Crippen LogP contribution in [0.3, 0.4) is 0 Å². The molecular weight excluding hydrogens is 402 g/mol. The van der Waals surface area contributed by atoms with Crippen molar-refractivity contribution in [3.8, 4) is 0 Å². The second-order valence-corrected chi connectivity index (χ2v) is 9.37. The quantitative estimate of drug-likeness (QED) is 0.768. The van der Waals surface area contributed by atoms with Crippen LogP contribution in [-0.4, -0.2) is 36.3 Å². The summed E-state index contributed by atoms with van der Waals surface area (Å²) in [6.45, 7) is 0. The number of sulfone groups is 1. The Labute approximate surface area is 168 Å². The summed E-state index contributed by atoms with van der Waals surface area (Å²) < 4.78 is 23.6. The number of ketones is 1. The van der Waals surface area contributed by atoms with E-state index in [1.807, 2.05) is 0 Å². The van der Waals surface area contributed by atoms with Gasteiger partial charge in [0.15, 0.2) is 15.7 Å². The van der Waals surface area contributed by atoms with Crippen LogP contribution in [0, 0.1) is 5.92 Å². The number of nitrogens with one attached hydrogen (secondary N) is 1. The molecule has 28 heavy (non-hydrogen) atoms. The van der Waals surface area contributed by atoms with Crippen LogP contribution in [0.25, 0.3) is 0 Å². The first-order valence-corrected chi connectivity index (χ1v) is 11.1. The summed E-state index contributed by atoms with van der Waals surface area (Å²) in [6, 6.07) is 4.52. The molecule has 1 saturated carbocycles. The summed E-state index contributed by atoms with van der Waals surface area (Å²) in [6.07, 6.45) is 7.67. The maximum atomic E-state index is 13.0. The molecule has 9 heteroatoms. The summed E-state index contributed by atoms with van der Waals surface area (Å²) >= 11 is 6.18. The average Bonchev–Trinajstić information content (AvgIpc) is 3.04. The van der Waals surface area contributed by atoms with Gasteiger partial charge in [0.1, 0.15) is 5.78 Å². The lowest BCUT2D eigenvalue weighted by molar-refractivity contribution is -0.119. The molecule has 2 atom stereocenters. The molecule has 0 saturated heterocycles. The van der Waals surface area contributed by atoms with Gasteiger partial charge in [-0.25, -0.2) is 13.4 Å². The zero-order valence-electron chi connectivity index (χ0n) is 15.3. The molecule has 7 nitrogen and oxygen atoms in total. The molecule has 1 aliphatic carbocycles. The van der Waals surface area contributed by atoms with Crippen molar-refractivity contribution in [2.45, 2.75) is 36.5 Å². The van der Waals surface area contributed by atoms with Crippen molar-refractivity contribution in [2.75, 3.05) is 11.6 Å².